The highest BCUT2D eigenvalue weighted by molar-refractivity contribution is 5.98. The van der Waals surface area contributed by atoms with Gasteiger partial charge in [-0.3, -0.25) is 4.79 Å². The van der Waals surface area contributed by atoms with Crippen LogP contribution in [0.15, 0.2) is 18.3 Å². The van der Waals surface area contributed by atoms with E-state index in [1.165, 1.54) is 0 Å². The number of pyridine rings is 1. The van der Waals surface area contributed by atoms with Gasteiger partial charge in [-0.25, -0.2) is 4.98 Å². The number of ether oxygens (including phenoxy) is 1. The SMILES string of the molecule is CCOCC1CCCN(C(=O)c2cccnc2NC(C)C)C1. The molecule has 1 amide bonds. The Morgan fingerprint density at radius 1 is 1.55 bits per heavy atom. The molecule has 1 aromatic heterocycles. The Labute approximate surface area is 133 Å². The number of amides is 1. The highest BCUT2D eigenvalue weighted by Gasteiger charge is 2.26. The second kappa shape index (κ2) is 8.13. The molecule has 5 nitrogen and oxygen atoms in total. The molecule has 0 aliphatic carbocycles. The maximum atomic E-state index is 12.8. The zero-order chi connectivity index (χ0) is 15.9. The van der Waals surface area contributed by atoms with Crippen molar-refractivity contribution in [1.82, 2.24) is 9.88 Å². The second-order valence-corrected chi connectivity index (χ2v) is 6.12. The number of carbonyl (C=O) groups is 1. The van der Waals surface area contributed by atoms with Crippen LogP contribution in [0.3, 0.4) is 0 Å². The van der Waals surface area contributed by atoms with Crippen LogP contribution < -0.4 is 5.32 Å². The van der Waals surface area contributed by atoms with Crippen molar-refractivity contribution in [2.24, 2.45) is 5.92 Å². The van der Waals surface area contributed by atoms with Crippen LogP contribution in [0.25, 0.3) is 0 Å². The molecule has 1 fully saturated rings. The van der Waals surface area contributed by atoms with Crippen LogP contribution in [0.4, 0.5) is 5.82 Å². The Morgan fingerprint density at radius 3 is 3.09 bits per heavy atom. The largest absolute Gasteiger partial charge is 0.381 e. The number of likely N-dealkylation sites (tertiary alicyclic amines) is 1. The van der Waals surface area contributed by atoms with Crippen molar-refractivity contribution in [3.05, 3.63) is 23.9 Å². The number of hydrogen-bond acceptors (Lipinski definition) is 4. The minimum atomic E-state index is 0.0671. The van der Waals surface area contributed by atoms with Crippen molar-refractivity contribution >= 4 is 11.7 Å². The molecule has 1 unspecified atom stereocenters. The summed E-state index contributed by atoms with van der Waals surface area (Å²) >= 11 is 0. The first kappa shape index (κ1) is 16.7. The van der Waals surface area contributed by atoms with Crippen molar-refractivity contribution in [3.63, 3.8) is 0 Å². The quantitative estimate of drug-likeness (QED) is 0.878. The molecular weight excluding hydrogens is 278 g/mol. The monoisotopic (exact) mass is 305 g/mol. The normalized spacial score (nSPS) is 18.5. The minimum Gasteiger partial charge on any atom is -0.381 e. The predicted molar refractivity (Wildman–Crippen MR) is 88.1 cm³/mol. The first-order valence-electron chi connectivity index (χ1n) is 8.20. The molecule has 2 heterocycles. The third-order valence-corrected chi connectivity index (χ3v) is 3.83. The number of rotatable bonds is 6. The Balaban J connectivity index is 2.07. The molecule has 1 N–H and O–H groups in total. The van der Waals surface area contributed by atoms with Gasteiger partial charge in [-0.2, -0.15) is 0 Å². The van der Waals surface area contributed by atoms with Crippen LogP contribution >= 0.6 is 0 Å². The van der Waals surface area contributed by atoms with E-state index in [1.54, 1.807) is 6.20 Å². The Kier molecular flexibility index (Phi) is 6.19. The van der Waals surface area contributed by atoms with E-state index in [4.69, 9.17) is 4.74 Å². The third-order valence-electron chi connectivity index (χ3n) is 3.83. The van der Waals surface area contributed by atoms with Crippen LogP contribution in [0.2, 0.25) is 0 Å². The van der Waals surface area contributed by atoms with Crippen molar-refractivity contribution in [2.45, 2.75) is 39.7 Å². The fourth-order valence-electron chi connectivity index (χ4n) is 2.81. The maximum absolute atomic E-state index is 12.8. The fraction of sp³-hybridized carbons (Fsp3) is 0.647. The van der Waals surface area contributed by atoms with Crippen LogP contribution in [0.1, 0.15) is 44.0 Å². The first-order valence-corrected chi connectivity index (χ1v) is 8.20. The maximum Gasteiger partial charge on any atom is 0.257 e. The topological polar surface area (TPSA) is 54.5 Å². The van der Waals surface area contributed by atoms with Gasteiger partial charge in [0.25, 0.3) is 5.91 Å². The lowest BCUT2D eigenvalue weighted by atomic mass is 9.98. The van der Waals surface area contributed by atoms with Crippen LogP contribution in [0.5, 0.6) is 0 Å². The highest BCUT2D eigenvalue weighted by atomic mass is 16.5. The smallest absolute Gasteiger partial charge is 0.257 e. The molecule has 0 saturated carbocycles. The zero-order valence-electron chi connectivity index (χ0n) is 13.8. The van der Waals surface area contributed by atoms with Gasteiger partial charge in [0, 0.05) is 31.9 Å². The summed E-state index contributed by atoms with van der Waals surface area (Å²) in [5.74, 6) is 1.18. The van der Waals surface area contributed by atoms with Crippen molar-refractivity contribution in [1.29, 1.82) is 0 Å². The van der Waals surface area contributed by atoms with Gasteiger partial charge in [0.1, 0.15) is 5.82 Å². The average Bonchev–Trinajstić information content (AvgIpc) is 2.52. The summed E-state index contributed by atoms with van der Waals surface area (Å²) in [5.41, 5.74) is 0.660. The van der Waals surface area contributed by atoms with Gasteiger partial charge < -0.3 is 15.0 Å². The number of carbonyl (C=O) groups excluding carboxylic acids is 1. The molecule has 1 saturated heterocycles. The molecule has 5 heteroatoms. The van der Waals surface area contributed by atoms with Gasteiger partial charge in [0.05, 0.1) is 12.2 Å². The van der Waals surface area contributed by atoms with Crippen LogP contribution in [-0.2, 0) is 4.74 Å². The molecule has 1 aliphatic heterocycles. The third kappa shape index (κ3) is 4.44. The number of piperidine rings is 1. The first-order chi connectivity index (χ1) is 10.6. The number of nitrogens with zero attached hydrogens (tertiary/aromatic N) is 2. The molecule has 0 spiro atoms. The van der Waals surface area contributed by atoms with E-state index in [1.807, 2.05) is 37.8 Å². The average molecular weight is 305 g/mol. The van der Waals surface area contributed by atoms with Gasteiger partial charge >= 0.3 is 0 Å². The molecule has 0 bridgehead atoms. The van der Waals surface area contributed by atoms with E-state index >= 15 is 0 Å². The van der Waals surface area contributed by atoms with Gasteiger partial charge in [-0.15, -0.1) is 0 Å². The van der Waals surface area contributed by atoms with Crippen molar-refractivity contribution in [2.75, 3.05) is 31.6 Å². The van der Waals surface area contributed by atoms with Gasteiger partial charge in [0.15, 0.2) is 0 Å². The number of aromatic nitrogens is 1. The summed E-state index contributed by atoms with van der Waals surface area (Å²) in [5, 5.41) is 3.26. The van der Waals surface area contributed by atoms with Gasteiger partial charge in [-0.1, -0.05) is 0 Å². The summed E-state index contributed by atoms with van der Waals surface area (Å²) in [6.07, 6.45) is 3.89. The molecule has 2 rings (SSSR count). The van der Waals surface area contributed by atoms with E-state index in [9.17, 15) is 4.79 Å². The Morgan fingerprint density at radius 2 is 2.36 bits per heavy atom. The summed E-state index contributed by atoms with van der Waals surface area (Å²) in [6.45, 7) is 9.15. The summed E-state index contributed by atoms with van der Waals surface area (Å²) in [6, 6.07) is 3.92. The van der Waals surface area contributed by atoms with Crippen molar-refractivity contribution < 1.29 is 9.53 Å². The molecule has 1 aromatic rings. The Hall–Kier alpha value is -1.62. The summed E-state index contributed by atoms with van der Waals surface area (Å²) < 4.78 is 5.52. The van der Waals surface area contributed by atoms with Crippen LogP contribution in [0, 0.1) is 5.92 Å². The molecule has 122 valence electrons. The summed E-state index contributed by atoms with van der Waals surface area (Å²) in [7, 11) is 0. The second-order valence-electron chi connectivity index (χ2n) is 6.12. The van der Waals surface area contributed by atoms with Crippen molar-refractivity contribution in [3.8, 4) is 0 Å². The lowest BCUT2D eigenvalue weighted by molar-refractivity contribution is 0.0501. The predicted octanol–water partition coefficient (Wildman–Crippen LogP) is 2.79. The summed E-state index contributed by atoms with van der Waals surface area (Å²) in [4.78, 5) is 19.1. The molecule has 22 heavy (non-hydrogen) atoms. The fourth-order valence-corrected chi connectivity index (χ4v) is 2.81. The number of anilines is 1. The van der Waals surface area contributed by atoms with Crippen LogP contribution in [-0.4, -0.2) is 48.1 Å². The minimum absolute atomic E-state index is 0.0671. The molecule has 1 aliphatic rings. The zero-order valence-corrected chi connectivity index (χ0v) is 13.8. The standard InChI is InChI=1S/C17H27N3O2/c1-4-22-12-14-7-6-10-20(11-14)17(21)15-8-5-9-18-16(15)19-13(2)3/h5,8-9,13-14H,4,6-7,10-12H2,1-3H3,(H,18,19). The molecular formula is C17H27N3O2. The Bertz CT molecular complexity index is 491. The van der Waals surface area contributed by atoms with Gasteiger partial charge in [-0.05, 0) is 51.7 Å². The number of nitrogens with one attached hydrogen (secondary N) is 1. The molecule has 0 radical (unpaired) electrons. The van der Waals surface area contributed by atoms with E-state index in [-0.39, 0.29) is 11.9 Å². The number of hydrogen-bond donors (Lipinski definition) is 1. The highest BCUT2D eigenvalue weighted by Crippen LogP contribution is 2.21. The van der Waals surface area contributed by atoms with E-state index in [2.05, 4.69) is 10.3 Å². The van der Waals surface area contributed by atoms with E-state index in [0.717, 1.165) is 39.1 Å². The molecule has 1 atom stereocenters. The lowest BCUT2D eigenvalue weighted by Crippen LogP contribution is -2.41. The van der Waals surface area contributed by atoms with E-state index < -0.39 is 0 Å². The lowest BCUT2D eigenvalue weighted by Gasteiger charge is -2.33. The molecule has 0 aromatic carbocycles. The van der Waals surface area contributed by atoms with E-state index in [0.29, 0.717) is 17.3 Å². The van der Waals surface area contributed by atoms with Gasteiger partial charge in [0.2, 0.25) is 0 Å².